The van der Waals surface area contributed by atoms with Crippen molar-refractivity contribution in [1.29, 1.82) is 0 Å². The summed E-state index contributed by atoms with van der Waals surface area (Å²) >= 11 is 6.04. The normalized spacial score (nSPS) is 11.3. The van der Waals surface area contributed by atoms with E-state index in [9.17, 15) is 13.2 Å². The van der Waals surface area contributed by atoms with Crippen molar-refractivity contribution in [2.24, 2.45) is 0 Å². The van der Waals surface area contributed by atoms with Crippen molar-refractivity contribution in [2.75, 3.05) is 12.4 Å². The van der Waals surface area contributed by atoms with Gasteiger partial charge in [-0.15, -0.1) is 0 Å². The van der Waals surface area contributed by atoms with E-state index in [0.29, 0.717) is 16.3 Å². The predicted molar refractivity (Wildman–Crippen MR) is 91.6 cm³/mol. The summed E-state index contributed by atoms with van der Waals surface area (Å²) in [4.78, 5) is 12.5. The number of carbonyl (C=O) groups excluding carboxylic acids is 1. The highest BCUT2D eigenvalue weighted by Crippen LogP contribution is 2.22. The van der Waals surface area contributed by atoms with Gasteiger partial charge in [-0.05, 0) is 56.3 Å². The van der Waals surface area contributed by atoms with Crippen molar-refractivity contribution in [1.82, 2.24) is 4.72 Å². The number of hydrogen-bond donors (Lipinski definition) is 2. The molecule has 0 fully saturated rings. The maximum atomic E-state index is 12.4. The molecule has 0 bridgehead atoms. The van der Waals surface area contributed by atoms with E-state index >= 15 is 0 Å². The van der Waals surface area contributed by atoms with Crippen LogP contribution in [0.25, 0.3) is 0 Å². The first-order valence-corrected chi connectivity index (χ1v) is 8.72. The summed E-state index contributed by atoms with van der Waals surface area (Å²) in [5.74, 6) is -0.393. The molecule has 7 heteroatoms. The first kappa shape index (κ1) is 17.5. The fourth-order valence-corrected chi connectivity index (χ4v) is 2.94. The molecule has 122 valence electrons. The molecule has 0 atom stereocenters. The molecule has 0 heterocycles. The van der Waals surface area contributed by atoms with Crippen LogP contribution in [0, 0.1) is 13.8 Å². The van der Waals surface area contributed by atoms with Crippen LogP contribution < -0.4 is 10.0 Å². The number of anilines is 1. The number of halogens is 1. The van der Waals surface area contributed by atoms with Gasteiger partial charge in [0.15, 0.2) is 0 Å². The minimum absolute atomic E-state index is 0.0395. The quantitative estimate of drug-likeness (QED) is 0.887. The van der Waals surface area contributed by atoms with E-state index < -0.39 is 15.9 Å². The van der Waals surface area contributed by atoms with E-state index in [1.54, 1.807) is 31.2 Å². The fraction of sp³-hybridized carbons (Fsp3) is 0.188. The van der Waals surface area contributed by atoms with E-state index in [4.69, 9.17) is 11.6 Å². The maximum absolute atomic E-state index is 12.4. The molecular formula is C16H17ClN2O3S. The summed E-state index contributed by atoms with van der Waals surface area (Å²) in [6.07, 6.45) is 0. The number of benzene rings is 2. The molecule has 2 N–H and O–H groups in total. The van der Waals surface area contributed by atoms with Crippen LogP contribution in [0.3, 0.4) is 0 Å². The molecule has 0 spiro atoms. The zero-order valence-electron chi connectivity index (χ0n) is 13.0. The Morgan fingerprint density at radius 2 is 1.70 bits per heavy atom. The summed E-state index contributed by atoms with van der Waals surface area (Å²) in [6, 6.07) is 9.60. The lowest BCUT2D eigenvalue weighted by Crippen LogP contribution is -2.20. The molecule has 2 aromatic rings. The van der Waals surface area contributed by atoms with Crippen molar-refractivity contribution < 1.29 is 13.2 Å². The second-order valence-electron chi connectivity index (χ2n) is 5.10. The van der Waals surface area contributed by atoms with Gasteiger partial charge in [0.2, 0.25) is 10.0 Å². The lowest BCUT2D eigenvalue weighted by atomic mass is 10.1. The summed E-state index contributed by atoms with van der Waals surface area (Å²) in [5.41, 5.74) is 2.42. The number of nitrogens with one attached hydrogen (secondary N) is 2. The van der Waals surface area contributed by atoms with Gasteiger partial charge in [-0.2, -0.15) is 0 Å². The number of rotatable bonds is 4. The minimum Gasteiger partial charge on any atom is -0.322 e. The summed E-state index contributed by atoms with van der Waals surface area (Å²) in [5, 5.41) is 3.27. The highest BCUT2D eigenvalue weighted by molar-refractivity contribution is 7.89. The van der Waals surface area contributed by atoms with Crippen LogP contribution in [-0.2, 0) is 10.0 Å². The van der Waals surface area contributed by atoms with Crippen LogP contribution in [0.4, 0.5) is 5.69 Å². The molecule has 0 saturated carbocycles. The van der Waals surface area contributed by atoms with Gasteiger partial charge in [0.1, 0.15) is 0 Å². The Kier molecular flexibility index (Phi) is 5.09. The van der Waals surface area contributed by atoms with Crippen molar-refractivity contribution in [3.8, 4) is 0 Å². The summed E-state index contributed by atoms with van der Waals surface area (Å²) in [7, 11) is -2.28. The topological polar surface area (TPSA) is 75.3 Å². The third-order valence-electron chi connectivity index (χ3n) is 3.46. The SMILES string of the molecule is CNS(=O)(=O)c1ccc(C)c(C(=O)Nc2ccc(C)c(Cl)c2)c1. The van der Waals surface area contributed by atoms with Crippen LogP contribution in [0.2, 0.25) is 5.02 Å². The van der Waals surface area contributed by atoms with Gasteiger partial charge in [-0.25, -0.2) is 13.1 Å². The van der Waals surface area contributed by atoms with E-state index in [1.807, 2.05) is 6.92 Å². The molecule has 0 saturated heterocycles. The van der Waals surface area contributed by atoms with Gasteiger partial charge >= 0.3 is 0 Å². The molecule has 0 radical (unpaired) electrons. The molecule has 0 aliphatic rings. The van der Waals surface area contributed by atoms with Crippen LogP contribution in [0.15, 0.2) is 41.3 Å². The third kappa shape index (κ3) is 3.90. The lowest BCUT2D eigenvalue weighted by molar-refractivity contribution is 0.102. The Morgan fingerprint density at radius 3 is 2.30 bits per heavy atom. The van der Waals surface area contributed by atoms with Crippen LogP contribution >= 0.6 is 11.6 Å². The predicted octanol–water partition coefficient (Wildman–Crippen LogP) is 3.12. The molecule has 2 rings (SSSR count). The van der Waals surface area contributed by atoms with Gasteiger partial charge < -0.3 is 5.32 Å². The first-order chi connectivity index (χ1) is 10.7. The Hall–Kier alpha value is -1.89. The van der Waals surface area contributed by atoms with Gasteiger partial charge in [0, 0.05) is 16.3 Å². The Morgan fingerprint density at radius 1 is 1.04 bits per heavy atom. The molecular weight excluding hydrogens is 336 g/mol. The number of aryl methyl sites for hydroxylation is 2. The monoisotopic (exact) mass is 352 g/mol. The molecule has 1 amide bonds. The number of carbonyl (C=O) groups is 1. The van der Waals surface area contributed by atoms with Crippen molar-refractivity contribution in [3.05, 3.63) is 58.1 Å². The van der Waals surface area contributed by atoms with E-state index in [1.165, 1.54) is 19.2 Å². The number of sulfonamides is 1. The fourth-order valence-electron chi connectivity index (χ4n) is 2.00. The highest BCUT2D eigenvalue weighted by atomic mass is 35.5. The molecule has 0 aliphatic heterocycles. The Labute approximate surface area is 140 Å². The number of amides is 1. The second-order valence-corrected chi connectivity index (χ2v) is 7.40. The second kappa shape index (κ2) is 6.70. The maximum Gasteiger partial charge on any atom is 0.255 e. The van der Waals surface area contributed by atoms with Crippen molar-refractivity contribution in [3.63, 3.8) is 0 Å². The zero-order valence-corrected chi connectivity index (χ0v) is 14.5. The van der Waals surface area contributed by atoms with Crippen LogP contribution in [-0.4, -0.2) is 21.4 Å². The van der Waals surface area contributed by atoms with E-state index in [2.05, 4.69) is 10.0 Å². The number of hydrogen-bond acceptors (Lipinski definition) is 3. The smallest absolute Gasteiger partial charge is 0.255 e. The third-order valence-corrected chi connectivity index (χ3v) is 5.28. The zero-order chi connectivity index (χ0) is 17.2. The summed E-state index contributed by atoms with van der Waals surface area (Å²) in [6.45, 7) is 3.61. The van der Waals surface area contributed by atoms with Crippen molar-refractivity contribution >= 4 is 33.2 Å². The van der Waals surface area contributed by atoms with Crippen LogP contribution in [0.1, 0.15) is 21.5 Å². The average Bonchev–Trinajstić information content (AvgIpc) is 2.51. The van der Waals surface area contributed by atoms with Crippen LogP contribution in [0.5, 0.6) is 0 Å². The highest BCUT2D eigenvalue weighted by Gasteiger charge is 2.16. The molecule has 2 aromatic carbocycles. The summed E-state index contributed by atoms with van der Waals surface area (Å²) < 4.78 is 26.0. The molecule has 0 aliphatic carbocycles. The average molecular weight is 353 g/mol. The molecule has 0 aromatic heterocycles. The molecule has 23 heavy (non-hydrogen) atoms. The lowest BCUT2D eigenvalue weighted by Gasteiger charge is -2.11. The van der Waals surface area contributed by atoms with Gasteiger partial charge in [-0.1, -0.05) is 23.7 Å². The van der Waals surface area contributed by atoms with Gasteiger partial charge in [0.05, 0.1) is 4.90 Å². The standard InChI is InChI=1S/C16H17ClN2O3S/c1-10-5-7-13(23(21,22)18-3)9-14(10)16(20)19-12-6-4-11(2)15(17)8-12/h4-9,18H,1-3H3,(H,19,20). The first-order valence-electron chi connectivity index (χ1n) is 6.86. The van der Waals surface area contributed by atoms with Gasteiger partial charge in [-0.3, -0.25) is 4.79 Å². The van der Waals surface area contributed by atoms with E-state index in [0.717, 1.165) is 5.56 Å². The van der Waals surface area contributed by atoms with Crippen molar-refractivity contribution in [2.45, 2.75) is 18.7 Å². The van der Waals surface area contributed by atoms with E-state index in [-0.39, 0.29) is 10.5 Å². The minimum atomic E-state index is -3.61. The Balaban J connectivity index is 2.35. The largest absolute Gasteiger partial charge is 0.322 e. The van der Waals surface area contributed by atoms with Gasteiger partial charge in [0.25, 0.3) is 5.91 Å². The Bertz CT molecular complexity index is 864. The molecule has 5 nitrogen and oxygen atoms in total. The molecule has 0 unspecified atom stereocenters.